The van der Waals surface area contributed by atoms with E-state index in [1.165, 1.54) is 5.56 Å². The highest BCUT2D eigenvalue weighted by molar-refractivity contribution is 9.10. The van der Waals surface area contributed by atoms with Gasteiger partial charge in [0.1, 0.15) is 5.67 Å². The minimum atomic E-state index is -1.33. The number of likely N-dealkylation sites (N-methyl/N-ethyl adjacent to an activating group) is 1. The fourth-order valence-electron chi connectivity index (χ4n) is 1.75. The van der Waals surface area contributed by atoms with Crippen molar-refractivity contribution in [3.8, 4) is 0 Å². The average molecular weight is 288 g/mol. The van der Waals surface area contributed by atoms with Gasteiger partial charge < -0.3 is 5.32 Å². The van der Waals surface area contributed by atoms with Gasteiger partial charge in [-0.25, -0.2) is 4.39 Å². The number of hydrogen-bond donors (Lipinski definition) is 1. The van der Waals surface area contributed by atoms with Gasteiger partial charge in [0.25, 0.3) is 0 Å². The van der Waals surface area contributed by atoms with Crippen molar-refractivity contribution in [1.82, 2.24) is 5.32 Å². The second-order valence-electron chi connectivity index (χ2n) is 4.62. The highest BCUT2D eigenvalue weighted by Gasteiger charge is 2.25. The Morgan fingerprint density at radius 1 is 1.44 bits per heavy atom. The highest BCUT2D eigenvalue weighted by atomic mass is 79.9. The van der Waals surface area contributed by atoms with Crippen LogP contribution < -0.4 is 5.32 Å². The largest absolute Gasteiger partial charge is 0.316 e. The van der Waals surface area contributed by atoms with Gasteiger partial charge in [-0.3, -0.25) is 0 Å². The zero-order chi connectivity index (χ0) is 12.3. The maximum absolute atomic E-state index is 14.3. The molecule has 1 unspecified atom stereocenters. The predicted molar refractivity (Wildman–Crippen MR) is 70.6 cm³/mol. The second kappa shape index (κ2) is 5.28. The summed E-state index contributed by atoms with van der Waals surface area (Å²) in [5, 5.41) is 2.87. The molecule has 0 spiro atoms. The van der Waals surface area contributed by atoms with E-state index in [9.17, 15) is 4.39 Å². The average Bonchev–Trinajstić information content (AvgIpc) is 2.16. The Labute approximate surface area is 106 Å². The van der Waals surface area contributed by atoms with Crippen molar-refractivity contribution in [2.45, 2.75) is 32.4 Å². The molecule has 90 valence electrons. The first-order valence-electron chi connectivity index (χ1n) is 5.52. The smallest absolute Gasteiger partial charge is 0.145 e. The minimum Gasteiger partial charge on any atom is -0.316 e. The Morgan fingerprint density at radius 3 is 2.50 bits per heavy atom. The molecule has 1 rings (SSSR count). The van der Waals surface area contributed by atoms with Crippen molar-refractivity contribution >= 4 is 15.9 Å². The van der Waals surface area contributed by atoms with E-state index >= 15 is 0 Å². The minimum absolute atomic E-state index is 0.320. The van der Waals surface area contributed by atoms with Crippen LogP contribution in [0.3, 0.4) is 0 Å². The topological polar surface area (TPSA) is 12.0 Å². The number of rotatable bonds is 4. The molecule has 0 aromatic heterocycles. The molecule has 0 aliphatic rings. The molecular formula is C13H19BrFN. The van der Waals surface area contributed by atoms with Gasteiger partial charge in [0.05, 0.1) is 0 Å². The fraction of sp³-hybridized carbons (Fsp3) is 0.538. The number of halogens is 2. The van der Waals surface area contributed by atoms with Crippen LogP contribution in [0.25, 0.3) is 0 Å². The molecule has 0 heterocycles. The third-order valence-electron chi connectivity index (χ3n) is 2.73. The molecule has 1 atom stereocenters. The van der Waals surface area contributed by atoms with Gasteiger partial charge in [-0.15, -0.1) is 0 Å². The summed E-state index contributed by atoms with van der Waals surface area (Å²) in [6.07, 6.45) is 0. The van der Waals surface area contributed by atoms with E-state index in [1.807, 2.05) is 18.2 Å². The number of nitrogens with one attached hydrogen (secondary N) is 1. The molecule has 16 heavy (non-hydrogen) atoms. The van der Waals surface area contributed by atoms with Gasteiger partial charge in [0.2, 0.25) is 0 Å². The molecule has 0 radical (unpaired) electrons. The first kappa shape index (κ1) is 13.7. The standard InChI is InChI=1S/C13H19BrFN/c1-9(2)11-6-5-10(7-12(11)14)13(3,15)8-16-4/h5-7,9,16H,8H2,1-4H3. The third kappa shape index (κ3) is 3.05. The maximum atomic E-state index is 14.3. The van der Waals surface area contributed by atoms with Crippen molar-refractivity contribution in [3.63, 3.8) is 0 Å². The Kier molecular flexibility index (Phi) is 4.51. The number of hydrogen-bond acceptors (Lipinski definition) is 1. The lowest BCUT2D eigenvalue weighted by molar-refractivity contribution is 0.190. The van der Waals surface area contributed by atoms with E-state index in [0.29, 0.717) is 18.0 Å². The van der Waals surface area contributed by atoms with Crippen molar-refractivity contribution in [3.05, 3.63) is 33.8 Å². The molecule has 0 fully saturated rings. The number of benzene rings is 1. The Balaban J connectivity index is 3.05. The molecule has 0 aliphatic heterocycles. The van der Waals surface area contributed by atoms with Crippen LogP contribution in [0.5, 0.6) is 0 Å². The summed E-state index contributed by atoms with van der Waals surface area (Å²) in [5.74, 6) is 0.443. The Bertz CT molecular complexity index is 361. The summed E-state index contributed by atoms with van der Waals surface area (Å²) in [4.78, 5) is 0. The first-order chi connectivity index (χ1) is 7.38. The molecule has 1 aromatic carbocycles. The van der Waals surface area contributed by atoms with E-state index in [0.717, 1.165) is 4.47 Å². The molecule has 0 saturated heterocycles. The summed E-state index contributed by atoms with van der Waals surface area (Å²) in [7, 11) is 1.76. The Hall–Kier alpha value is -0.410. The van der Waals surface area contributed by atoms with Gasteiger partial charge in [0.15, 0.2) is 0 Å². The molecular weight excluding hydrogens is 269 g/mol. The molecule has 0 bridgehead atoms. The summed E-state index contributed by atoms with van der Waals surface area (Å²) < 4.78 is 15.2. The Morgan fingerprint density at radius 2 is 2.06 bits per heavy atom. The van der Waals surface area contributed by atoms with Gasteiger partial charge in [-0.1, -0.05) is 41.9 Å². The first-order valence-corrected chi connectivity index (χ1v) is 6.31. The van der Waals surface area contributed by atoms with Crippen LogP contribution in [0.1, 0.15) is 37.8 Å². The molecule has 0 saturated carbocycles. The van der Waals surface area contributed by atoms with Crippen molar-refractivity contribution in [2.75, 3.05) is 13.6 Å². The van der Waals surface area contributed by atoms with Crippen LogP contribution in [-0.2, 0) is 5.67 Å². The fourth-order valence-corrected chi connectivity index (χ4v) is 2.59. The summed E-state index contributed by atoms with van der Waals surface area (Å²) in [6.45, 7) is 6.17. The molecule has 1 nitrogen and oxygen atoms in total. The summed E-state index contributed by atoms with van der Waals surface area (Å²) >= 11 is 3.50. The molecule has 0 amide bonds. The predicted octanol–water partition coefficient (Wildman–Crippen LogP) is 3.98. The van der Waals surface area contributed by atoms with Crippen LogP contribution in [0, 0.1) is 0 Å². The zero-order valence-corrected chi connectivity index (χ0v) is 11.9. The van der Waals surface area contributed by atoms with Gasteiger partial charge >= 0.3 is 0 Å². The summed E-state index contributed by atoms with van der Waals surface area (Å²) in [6, 6.07) is 5.75. The quantitative estimate of drug-likeness (QED) is 0.883. The zero-order valence-electron chi connectivity index (χ0n) is 10.3. The van der Waals surface area contributed by atoms with E-state index in [2.05, 4.69) is 35.1 Å². The molecule has 1 N–H and O–H groups in total. The van der Waals surface area contributed by atoms with Crippen LogP contribution >= 0.6 is 15.9 Å². The van der Waals surface area contributed by atoms with Gasteiger partial charge in [0, 0.05) is 11.0 Å². The second-order valence-corrected chi connectivity index (χ2v) is 5.47. The van der Waals surface area contributed by atoms with Crippen molar-refractivity contribution in [2.24, 2.45) is 0 Å². The monoisotopic (exact) mass is 287 g/mol. The van der Waals surface area contributed by atoms with Gasteiger partial charge in [-0.05, 0) is 37.1 Å². The van der Waals surface area contributed by atoms with Crippen LogP contribution in [0.2, 0.25) is 0 Å². The van der Waals surface area contributed by atoms with E-state index in [1.54, 1.807) is 14.0 Å². The van der Waals surface area contributed by atoms with E-state index < -0.39 is 5.67 Å². The van der Waals surface area contributed by atoms with Crippen LogP contribution in [0.15, 0.2) is 22.7 Å². The van der Waals surface area contributed by atoms with E-state index in [-0.39, 0.29) is 0 Å². The SMILES string of the molecule is CNCC(C)(F)c1ccc(C(C)C)c(Br)c1. The molecule has 3 heteroatoms. The van der Waals surface area contributed by atoms with Gasteiger partial charge in [-0.2, -0.15) is 0 Å². The normalized spacial score (nSPS) is 15.2. The van der Waals surface area contributed by atoms with Crippen molar-refractivity contribution < 1.29 is 4.39 Å². The third-order valence-corrected chi connectivity index (χ3v) is 3.42. The lowest BCUT2D eigenvalue weighted by atomic mass is 9.94. The van der Waals surface area contributed by atoms with Crippen molar-refractivity contribution in [1.29, 1.82) is 0 Å². The maximum Gasteiger partial charge on any atom is 0.145 e. The lowest BCUT2D eigenvalue weighted by Gasteiger charge is -2.22. The lowest BCUT2D eigenvalue weighted by Crippen LogP contribution is -2.29. The van der Waals surface area contributed by atoms with Crippen LogP contribution in [-0.4, -0.2) is 13.6 Å². The van der Waals surface area contributed by atoms with Crippen LogP contribution in [0.4, 0.5) is 4.39 Å². The molecule has 1 aromatic rings. The highest BCUT2D eigenvalue weighted by Crippen LogP contribution is 2.31. The van der Waals surface area contributed by atoms with E-state index in [4.69, 9.17) is 0 Å². The summed E-state index contributed by atoms with van der Waals surface area (Å²) in [5.41, 5.74) is 0.592. The molecule has 0 aliphatic carbocycles. The number of alkyl halides is 1.